The number of rotatable bonds is 4. The van der Waals surface area contributed by atoms with Crippen molar-refractivity contribution in [3.8, 4) is 10.9 Å². The Kier molecular flexibility index (Phi) is 4.29. The van der Waals surface area contributed by atoms with Crippen molar-refractivity contribution >= 4 is 29.2 Å². The smallest absolute Gasteiger partial charge is 0.417 e. The Morgan fingerprint density at radius 1 is 1.27 bits per heavy atom. The van der Waals surface area contributed by atoms with Crippen LogP contribution in [0.4, 0.5) is 4.79 Å². The fraction of sp³-hybridized carbons (Fsp3) is 0.294. The van der Waals surface area contributed by atoms with Crippen molar-refractivity contribution in [3.05, 3.63) is 41.4 Å². The zero-order valence-corrected chi connectivity index (χ0v) is 14.5. The van der Waals surface area contributed by atoms with Crippen LogP contribution in [0.1, 0.15) is 16.8 Å². The molecule has 1 atom stereocenters. The average molecular weight is 373 g/mol. The van der Waals surface area contributed by atoms with Crippen molar-refractivity contribution in [2.75, 3.05) is 19.7 Å². The van der Waals surface area contributed by atoms with Crippen LogP contribution in [0, 0.1) is 0 Å². The van der Waals surface area contributed by atoms with Crippen LogP contribution < -0.4 is 4.74 Å². The van der Waals surface area contributed by atoms with E-state index in [0.717, 1.165) is 4.90 Å². The third-order valence-electron chi connectivity index (χ3n) is 4.32. The molecule has 3 heterocycles. The molecule has 2 aromatic rings. The third kappa shape index (κ3) is 3.13. The Labute approximate surface area is 152 Å². The molecule has 4 rings (SSSR count). The number of nitrogens with zero attached hydrogens (tertiary/aromatic N) is 3. The zero-order valence-electron chi connectivity index (χ0n) is 13.7. The normalized spacial score (nSPS) is 19.8. The van der Waals surface area contributed by atoms with Crippen molar-refractivity contribution in [3.63, 3.8) is 0 Å². The van der Waals surface area contributed by atoms with Gasteiger partial charge in [0.1, 0.15) is 5.75 Å². The quantitative estimate of drug-likeness (QED) is 0.816. The number of thiazole rings is 1. The first-order valence-electron chi connectivity index (χ1n) is 8.07. The van der Waals surface area contributed by atoms with Gasteiger partial charge in [-0.25, -0.2) is 14.7 Å². The van der Waals surface area contributed by atoms with Crippen LogP contribution in [-0.2, 0) is 9.53 Å². The Morgan fingerprint density at radius 3 is 2.73 bits per heavy atom. The molecule has 26 heavy (non-hydrogen) atoms. The Morgan fingerprint density at radius 2 is 2.08 bits per heavy atom. The minimum Gasteiger partial charge on any atom is -0.439 e. The molecule has 0 bridgehead atoms. The van der Waals surface area contributed by atoms with E-state index in [1.165, 1.54) is 11.3 Å². The van der Waals surface area contributed by atoms with E-state index in [9.17, 15) is 14.4 Å². The first kappa shape index (κ1) is 16.5. The van der Waals surface area contributed by atoms with Gasteiger partial charge in [0.2, 0.25) is 0 Å². The zero-order chi connectivity index (χ0) is 18.1. The summed E-state index contributed by atoms with van der Waals surface area (Å²) >= 11 is 1.38. The van der Waals surface area contributed by atoms with Crippen molar-refractivity contribution in [1.29, 1.82) is 0 Å². The molecule has 2 fully saturated rings. The highest BCUT2D eigenvalue weighted by molar-refractivity contribution is 7.11. The predicted octanol–water partition coefficient (Wildman–Crippen LogP) is 2.13. The van der Waals surface area contributed by atoms with Gasteiger partial charge >= 0.3 is 6.09 Å². The van der Waals surface area contributed by atoms with E-state index in [0.29, 0.717) is 36.0 Å². The molecule has 2 aliphatic rings. The molecule has 0 aliphatic carbocycles. The van der Waals surface area contributed by atoms with E-state index in [4.69, 9.17) is 9.47 Å². The summed E-state index contributed by atoms with van der Waals surface area (Å²) in [6.45, 7) is 0.582. The molecule has 1 aromatic heterocycles. The van der Waals surface area contributed by atoms with Crippen LogP contribution >= 0.6 is 11.3 Å². The fourth-order valence-corrected chi connectivity index (χ4v) is 3.57. The lowest BCUT2D eigenvalue weighted by atomic mass is 10.2. The van der Waals surface area contributed by atoms with Crippen LogP contribution in [-0.4, -0.2) is 58.4 Å². The summed E-state index contributed by atoms with van der Waals surface area (Å²) in [5.74, 6) is 0.104. The van der Waals surface area contributed by atoms with Gasteiger partial charge in [-0.1, -0.05) is 11.3 Å². The van der Waals surface area contributed by atoms with Crippen molar-refractivity contribution in [1.82, 2.24) is 14.8 Å². The van der Waals surface area contributed by atoms with Crippen LogP contribution in [0.2, 0.25) is 0 Å². The average Bonchev–Trinajstić information content (AvgIpc) is 3.37. The largest absolute Gasteiger partial charge is 0.439 e. The maximum absolute atomic E-state index is 12.7. The predicted molar refractivity (Wildman–Crippen MR) is 91.1 cm³/mol. The highest BCUT2D eigenvalue weighted by Crippen LogP contribution is 2.25. The molecule has 0 radical (unpaired) electrons. The van der Waals surface area contributed by atoms with E-state index in [2.05, 4.69) is 4.98 Å². The minimum absolute atomic E-state index is 0.145. The number of hydrogen-bond donors (Lipinski definition) is 0. The van der Waals surface area contributed by atoms with Crippen LogP contribution in [0.3, 0.4) is 0 Å². The SMILES string of the molecule is O=C(c1ccc(Oc2nccs2)cc1)N1CCC(N2C(=O)COC2=O)C1. The highest BCUT2D eigenvalue weighted by atomic mass is 32.1. The second-order valence-electron chi connectivity index (χ2n) is 5.94. The van der Waals surface area contributed by atoms with Gasteiger partial charge in [0.15, 0.2) is 6.61 Å². The number of imide groups is 1. The van der Waals surface area contributed by atoms with E-state index in [1.807, 2.05) is 5.38 Å². The van der Waals surface area contributed by atoms with Gasteiger partial charge in [-0.05, 0) is 30.7 Å². The van der Waals surface area contributed by atoms with Gasteiger partial charge in [0.05, 0.1) is 6.04 Å². The van der Waals surface area contributed by atoms with Crippen LogP contribution in [0.5, 0.6) is 10.9 Å². The highest BCUT2D eigenvalue weighted by Gasteiger charge is 2.41. The number of carbonyl (C=O) groups excluding carboxylic acids is 3. The summed E-state index contributed by atoms with van der Waals surface area (Å²) < 4.78 is 10.3. The molecule has 0 spiro atoms. The van der Waals surface area contributed by atoms with Gasteiger partial charge in [0.25, 0.3) is 17.0 Å². The molecular formula is C17H15N3O5S. The molecule has 2 saturated heterocycles. The third-order valence-corrected chi connectivity index (χ3v) is 4.96. The van der Waals surface area contributed by atoms with Gasteiger partial charge < -0.3 is 14.4 Å². The maximum atomic E-state index is 12.7. The number of likely N-dealkylation sites (tertiary alicyclic amines) is 1. The molecule has 8 nitrogen and oxygen atoms in total. The number of amides is 3. The van der Waals surface area contributed by atoms with E-state index >= 15 is 0 Å². The standard InChI is InChI=1S/C17H15N3O5S/c21-14-10-24-17(23)20(14)12-5-7-19(9-12)15(22)11-1-3-13(4-2-11)25-16-18-6-8-26-16/h1-4,6,8,12H,5,7,9-10H2. The molecule has 1 unspecified atom stereocenters. The Hall–Kier alpha value is -2.94. The number of ether oxygens (including phenoxy) is 2. The summed E-state index contributed by atoms with van der Waals surface area (Å²) in [7, 11) is 0. The summed E-state index contributed by atoms with van der Waals surface area (Å²) in [5, 5.41) is 2.35. The van der Waals surface area contributed by atoms with Gasteiger partial charge in [-0.3, -0.25) is 9.59 Å². The summed E-state index contributed by atoms with van der Waals surface area (Å²) in [6.07, 6.45) is 1.58. The van der Waals surface area contributed by atoms with Crippen molar-refractivity contribution in [2.24, 2.45) is 0 Å². The number of carbonyl (C=O) groups is 3. The maximum Gasteiger partial charge on any atom is 0.417 e. The molecule has 134 valence electrons. The number of aromatic nitrogens is 1. The lowest BCUT2D eigenvalue weighted by Gasteiger charge is -2.20. The molecule has 0 N–H and O–H groups in total. The molecule has 9 heteroatoms. The van der Waals surface area contributed by atoms with Crippen LogP contribution in [0.25, 0.3) is 0 Å². The van der Waals surface area contributed by atoms with Gasteiger partial charge in [-0.15, -0.1) is 0 Å². The molecular weight excluding hydrogens is 358 g/mol. The van der Waals surface area contributed by atoms with Crippen molar-refractivity contribution < 1.29 is 23.9 Å². The summed E-state index contributed by atoms with van der Waals surface area (Å²) in [4.78, 5) is 42.9. The number of benzene rings is 1. The Balaban J connectivity index is 1.40. The molecule has 3 amide bonds. The second-order valence-corrected chi connectivity index (χ2v) is 6.79. The van der Waals surface area contributed by atoms with E-state index in [1.54, 1.807) is 35.4 Å². The molecule has 0 saturated carbocycles. The first-order valence-corrected chi connectivity index (χ1v) is 8.95. The van der Waals surface area contributed by atoms with E-state index in [-0.39, 0.29) is 24.5 Å². The van der Waals surface area contributed by atoms with Gasteiger partial charge in [0, 0.05) is 30.2 Å². The lowest BCUT2D eigenvalue weighted by Crippen LogP contribution is -2.42. The topological polar surface area (TPSA) is 89.0 Å². The van der Waals surface area contributed by atoms with Crippen LogP contribution in [0.15, 0.2) is 35.8 Å². The lowest BCUT2D eigenvalue weighted by molar-refractivity contribution is -0.127. The second kappa shape index (κ2) is 6.75. The number of hydrogen-bond acceptors (Lipinski definition) is 7. The Bertz CT molecular complexity index is 821. The van der Waals surface area contributed by atoms with E-state index < -0.39 is 6.09 Å². The number of cyclic esters (lactones) is 1. The summed E-state index contributed by atoms with van der Waals surface area (Å²) in [5.41, 5.74) is 0.521. The van der Waals surface area contributed by atoms with Gasteiger partial charge in [-0.2, -0.15) is 0 Å². The minimum atomic E-state index is -0.627. The summed E-state index contributed by atoms with van der Waals surface area (Å²) in [6, 6.07) is 6.48. The first-order chi connectivity index (χ1) is 12.6. The fourth-order valence-electron chi connectivity index (χ4n) is 3.06. The molecule has 2 aliphatic heterocycles. The van der Waals surface area contributed by atoms with Crippen molar-refractivity contribution in [2.45, 2.75) is 12.5 Å². The molecule has 1 aromatic carbocycles. The monoisotopic (exact) mass is 373 g/mol.